The first-order chi connectivity index (χ1) is 9.03. The van der Waals surface area contributed by atoms with E-state index in [1.54, 1.807) is 13.0 Å². The first-order valence-electron chi connectivity index (χ1n) is 6.31. The molecule has 0 N–H and O–H groups in total. The molecule has 0 aromatic carbocycles. The van der Waals surface area contributed by atoms with Gasteiger partial charge in [0.05, 0.1) is 6.07 Å². The molecule has 0 amide bonds. The topological polar surface area (TPSA) is 87.2 Å². The maximum absolute atomic E-state index is 12.4. The fraction of sp³-hybridized carbons (Fsp3) is 0.667. The van der Waals surface area contributed by atoms with Crippen LogP contribution >= 0.6 is 0 Å². The predicted molar refractivity (Wildman–Crippen MR) is 68.4 cm³/mol. The van der Waals surface area contributed by atoms with Gasteiger partial charge in [0.1, 0.15) is 23.8 Å². The molecule has 1 aliphatic rings. The second-order valence-electron chi connectivity index (χ2n) is 4.83. The van der Waals surface area contributed by atoms with E-state index in [-0.39, 0.29) is 18.3 Å². The maximum Gasteiger partial charge on any atom is 0.221 e. The van der Waals surface area contributed by atoms with Gasteiger partial charge in [-0.1, -0.05) is 18.0 Å². The fourth-order valence-corrected chi connectivity index (χ4v) is 4.07. The molecule has 0 spiro atoms. The van der Waals surface area contributed by atoms with Crippen molar-refractivity contribution in [3.8, 4) is 6.07 Å². The first-order valence-corrected chi connectivity index (χ1v) is 7.92. The molecule has 6 nitrogen and oxygen atoms in total. The number of nitriles is 1. The lowest BCUT2D eigenvalue weighted by Crippen LogP contribution is -2.39. The minimum Gasteiger partial charge on any atom is -0.361 e. The normalized spacial score (nSPS) is 16.9. The van der Waals surface area contributed by atoms with Gasteiger partial charge in [-0.3, -0.25) is 0 Å². The van der Waals surface area contributed by atoms with Crippen LogP contribution < -0.4 is 0 Å². The standard InChI is InChI=1S/C12H17N3O3S/c1-10-8-11(14-18-10)9-19(16,17)15(7-6-13)12-4-2-3-5-12/h8,12H,2-5,7,9H2,1H3. The Morgan fingerprint density at radius 3 is 2.74 bits per heavy atom. The summed E-state index contributed by atoms with van der Waals surface area (Å²) in [7, 11) is -3.52. The SMILES string of the molecule is Cc1cc(CS(=O)(=O)N(CC#N)C2CCCC2)no1. The number of hydrogen-bond acceptors (Lipinski definition) is 5. The summed E-state index contributed by atoms with van der Waals surface area (Å²) < 4.78 is 31.0. The van der Waals surface area contributed by atoms with Crippen LogP contribution in [0.2, 0.25) is 0 Å². The van der Waals surface area contributed by atoms with Crippen LogP contribution in [-0.4, -0.2) is 30.5 Å². The molecular formula is C12H17N3O3S. The predicted octanol–water partition coefficient (Wildman–Crippen LogP) is 1.58. The van der Waals surface area contributed by atoms with Crippen molar-refractivity contribution in [1.82, 2.24) is 9.46 Å². The lowest BCUT2D eigenvalue weighted by atomic mass is 10.2. The number of nitrogens with zero attached hydrogens (tertiary/aromatic N) is 3. The second kappa shape index (κ2) is 5.72. The Bertz CT molecular complexity index is 567. The summed E-state index contributed by atoms with van der Waals surface area (Å²) in [5.41, 5.74) is 0.387. The highest BCUT2D eigenvalue weighted by Crippen LogP contribution is 2.26. The molecule has 0 bridgehead atoms. The molecule has 2 rings (SSSR count). The van der Waals surface area contributed by atoms with Crippen LogP contribution in [0.5, 0.6) is 0 Å². The van der Waals surface area contributed by atoms with Gasteiger partial charge in [0.25, 0.3) is 0 Å². The molecule has 1 aromatic heterocycles. The van der Waals surface area contributed by atoms with Gasteiger partial charge >= 0.3 is 0 Å². The lowest BCUT2D eigenvalue weighted by molar-refractivity contribution is 0.348. The van der Waals surface area contributed by atoms with E-state index >= 15 is 0 Å². The molecule has 0 aliphatic heterocycles. The smallest absolute Gasteiger partial charge is 0.221 e. The van der Waals surface area contributed by atoms with E-state index in [1.807, 2.05) is 6.07 Å². The minimum absolute atomic E-state index is 0.0438. The highest BCUT2D eigenvalue weighted by Gasteiger charge is 2.32. The summed E-state index contributed by atoms with van der Waals surface area (Å²) in [4.78, 5) is 0. The molecule has 0 saturated heterocycles. The monoisotopic (exact) mass is 283 g/mol. The number of hydrogen-bond donors (Lipinski definition) is 0. The van der Waals surface area contributed by atoms with Gasteiger partial charge in [0.15, 0.2) is 0 Å². The molecule has 0 atom stereocenters. The largest absolute Gasteiger partial charge is 0.361 e. The van der Waals surface area contributed by atoms with Crippen LogP contribution in [0, 0.1) is 18.3 Å². The van der Waals surface area contributed by atoms with Crippen molar-refractivity contribution < 1.29 is 12.9 Å². The molecule has 7 heteroatoms. The molecule has 1 aromatic rings. The zero-order chi connectivity index (χ0) is 13.9. The van der Waals surface area contributed by atoms with Gasteiger partial charge in [-0.05, 0) is 19.8 Å². The van der Waals surface area contributed by atoms with E-state index in [1.165, 1.54) is 4.31 Å². The van der Waals surface area contributed by atoms with Gasteiger partial charge in [-0.2, -0.15) is 9.57 Å². The van der Waals surface area contributed by atoms with Crippen LogP contribution in [0.3, 0.4) is 0 Å². The summed E-state index contributed by atoms with van der Waals surface area (Å²) in [5, 5.41) is 12.5. The van der Waals surface area contributed by atoms with E-state index in [4.69, 9.17) is 9.78 Å². The summed E-state index contributed by atoms with van der Waals surface area (Å²) in [6, 6.07) is 3.51. The summed E-state index contributed by atoms with van der Waals surface area (Å²) >= 11 is 0. The second-order valence-corrected chi connectivity index (χ2v) is 6.75. The molecule has 0 radical (unpaired) electrons. The molecule has 104 valence electrons. The molecule has 0 unspecified atom stereocenters. The van der Waals surface area contributed by atoms with Crippen LogP contribution in [0.4, 0.5) is 0 Å². The van der Waals surface area contributed by atoms with Crippen LogP contribution in [0.1, 0.15) is 37.1 Å². The summed E-state index contributed by atoms with van der Waals surface area (Å²) in [6.07, 6.45) is 3.70. The van der Waals surface area contributed by atoms with Gasteiger partial charge in [0.2, 0.25) is 10.0 Å². The molecule has 1 heterocycles. The van der Waals surface area contributed by atoms with E-state index in [0.29, 0.717) is 11.5 Å². The van der Waals surface area contributed by atoms with E-state index in [0.717, 1.165) is 25.7 Å². The van der Waals surface area contributed by atoms with Crippen molar-refractivity contribution in [3.05, 3.63) is 17.5 Å². The Morgan fingerprint density at radius 2 is 2.21 bits per heavy atom. The molecule has 1 aliphatic carbocycles. The van der Waals surface area contributed by atoms with Crippen molar-refractivity contribution in [2.75, 3.05) is 6.54 Å². The first kappa shape index (κ1) is 14.0. The fourth-order valence-electron chi connectivity index (χ4n) is 2.47. The summed E-state index contributed by atoms with van der Waals surface area (Å²) in [6.45, 7) is 1.62. The third kappa shape index (κ3) is 3.33. The Kier molecular flexibility index (Phi) is 4.22. The number of aromatic nitrogens is 1. The van der Waals surface area contributed by atoms with Crippen LogP contribution in [0.15, 0.2) is 10.6 Å². The lowest BCUT2D eigenvalue weighted by Gasteiger charge is -2.25. The van der Waals surface area contributed by atoms with E-state index < -0.39 is 10.0 Å². The summed E-state index contributed by atoms with van der Waals surface area (Å²) in [5.74, 6) is 0.376. The highest BCUT2D eigenvalue weighted by atomic mass is 32.2. The molecule has 1 fully saturated rings. The zero-order valence-electron chi connectivity index (χ0n) is 10.9. The quantitative estimate of drug-likeness (QED) is 0.766. The van der Waals surface area contributed by atoms with Crippen LogP contribution in [0.25, 0.3) is 0 Å². The Hall–Kier alpha value is -1.39. The molecule has 19 heavy (non-hydrogen) atoms. The van der Waals surface area contributed by atoms with E-state index in [9.17, 15) is 8.42 Å². The number of sulfonamides is 1. The Balaban J connectivity index is 2.16. The molecular weight excluding hydrogens is 266 g/mol. The van der Waals surface area contributed by atoms with Crippen molar-refractivity contribution in [3.63, 3.8) is 0 Å². The van der Waals surface area contributed by atoms with Gasteiger partial charge in [-0.25, -0.2) is 8.42 Å². The third-order valence-corrected chi connectivity index (χ3v) is 5.13. The third-order valence-electron chi connectivity index (χ3n) is 3.32. The van der Waals surface area contributed by atoms with Crippen LogP contribution in [-0.2, 0) is 15.8 Å². The number of aryl methyl sites for hydroxylation is 1. The van der Waals surface area contributed by atoms with Crippen molar-refractivity contribution >= 4 is 10.0 Å². The Labute approximate surface area is 113 Å². The average molecular weight is 283 g/mol. The van der Waals surface area contributed by atoms with Gasteiger partial charge in [0, 0.05) is 12.1 Å². The van der Waals surface area contributed by atoms with Gasteiger partial charge in [-0.15, -0.1) is 0 Å². The highest BCUT2D eigenvalue weighted by molar-refractivity contribution is 7.88. The molecule has 1 saturated carbocycles. The van der Waals surface area contributed by atoms with Crippen molar-refractivity contribution in [1.29, 1.82) is 5.26 Å². The van der Waals surface area contributed by atoms with E-state index in [2.05, 4.69) is 5.16 Å². The maximum atomic E-state index is 12.4. The van der Waals surface area contributed by atoms with Crippen molar-refractivity contribution in [2.45, 2.75) is 44.4 Å². The van der Waals surface area contributed by atoms with Gasteiger partial charge < -0.3 is 4.52 Å². The minimum atomic E-state index is -3.52. The Morgan fingerprint density at radius 1 is 1.53 bits per heavy atom. The zero-order valence-corrected chi connectivity index (χ0v) is 11.7. The van der Waals surface area contributed by atoms with Crippen molar-refractivity contribution in [2.24, 2.45) is 0 Å². The number of rotatable bonds is 5. The average Bonchev–Trinajstić information content (AvgIpc) is 2.97.